The van der Waals surface area contributed by atoms with Crippen molar-refractivity contribution in [1.29, 1.82) is 0 Å². The molecule has 4 aromatic carbocycles. The molecule has 0 bridgehead atoms. The highest BCUT2D eigenvalue weighted by molar-refractivity contribution is 5.67. The van der Waals surface area contributed by atoms with Crippen molar-refractivity contribution < 1.29 is 59.4 Å². The van der Waals surface area contributed by atoms with Gasteiger partial charge < -0.3 is 0 Å². The minimum Gasteiger partial charge on any atom is -0.201 e. The number of hydrogen-bond acceptors (Lipinski definition) is 0. The van der Waals surface area contributed by atoms with Gasteiger partial charge in [0.25, 0.3) is 0 Å². The van der Waals surface area contributed by atoms with Crippen LogP contribution in [0.25, 0.3) is 45.0 Å². The van der Waals surface area contributed by atoms with Gasteiger partial charge in [0.2, 0.25) is 22.8 Å². The van der Waals surface area contributed by atoms with Gasteiger partial charge in [-0.2, -0.15) is 0 Å². The molecule has 0 saturated carbocycles. The number of nitrogens with zero attached hydrogens (tertiary/aromatic N) is 4. The van der Waals surface area contributed by atoms with Crippen molar-refractivity contribution in [1.82, 2.24) is 0 Å². The summed E-state index contributed by atoms with van der Waals surface area (Å²) in [5, 5.41) is 0. The maximum absolute atomic E-state index is 8.48. The van der Waals surface area contributed by atoms with Crippen LogP contribution in [0, 0.1) is 117 Å². The first-order valence-electron chi connectivity index (χ1n) is 40.8. The van der Waals surface area contributed by atoms with E-state index >= 15 is 0 Å². The Morgan fingerprint density at radius 3 is 0.833 bits per heavy atom. The topological polar surface area (TPSA) is 15.5 Å². The molecular weight excluding hydrogens is 945 g/mol. The fraction of sp³-hybridized carbons (Fsp3) is 0.405. The van der Waals surface area contributed by atoms with Crippen LogP contribution in [0.5, 0.6) is 0 Å². The number of rotatable bonds is 7. The zero-order valence-electron chi connectivity index (χ0n) is 79.0. The van der Waals surface area contributed by atoms with Crippen molar-refractivity contribution in [3.63, 3.8) is 0 Å². The van der Waals surface area contributed by atoms with Gasteiger partial charge in [-0.3, -0.25) is 0 Å². The zero-order chi connectivity index (χ0) is 83.8. The minimum atomic E-state index is -2.75. The Hall–Kier alpha value is -6.52. The maximum atomic E-state index is 8.48. The van der Waals surface area contributed by atoms with E-state index in [1.807, 2.05) is 51.1 Å². The minimum absolute atomic E-state index is 0.104. The third-order valence-electron chi connectivity index (χ3n) is 14.2. The van der Waals surface area contributed by atoms with Gasteiger partial charge in [0.05, 0.1) is 0 Å². The summed E-state index contributed by atoms with van der Waals surface area (Å²) in [4.78, 5) is 0. The van der Waals surface area contributed by atoms with E-state index in [0.29, 0.717) is 78.0 Å². The van der Waals surface area contributed by atoms with Crippen LogP contribution >= 0.6 is 0 Å². The van der Waals surface area contributed by atoms with Crippen molar-refractivity contribution >= 4 is 0 Å². The van der Waals surface area contributed by atoms with Crippen LogP contribution < -0.4 is 18.3 Å². The third-order valence-corrected chi connectivity index (χ3v) is 14.2. The second-order valence-electron chi connectivity index (χ2n) is 21.1. The summed E-state index contributed by atoms with van der Waals surface area (Å²) in [5.74, 6) is -4.95. The lowest BCUT2D eigenvalue weighted by Crippen LogP contribution is -2.32. The van der Waals surface area contributed by atoms with E-state index in [-0.39, 0.29) is 22.3 Å². The molecule has 4 aromatic heterocycles. The lowest BCUT2D eigenvalue weighted by molar-refractivity contribution is -0.660. The SMILES string of the molecule is [2H]C([2H])([2H])c1c[n+](C)c(-c2cc(C)c(C([2H])(C)C([2H])([2H])[2H])cc2C)cc1C.[2H]C([2H])([2H])c1cc(C)c(-c2cc(C([2H])(C)C([2H])([2H])[2H])c(C([2H])([2H])[2H])c[n+]2C)cc1C.[2H]C([2H])([2H])c1cc(C)c(-c2cc(C([2H])(C)C)c(C([2H])([2H])[2H])c[n+]2C)cc1C.[2H]C([2H])([2H])c1cc(C)c(-c2cc(C)c(C([2H])([2H])[2H])c[n+]2C)cc1C. The first-order valence-corrected chi connectivity index (χ1v) is 25.8. The van der Waals surface area contributed by atoms with Crippen molar-refractivity contribution in [3.8, 4) is 45.0 Å². The van der Waals surface area contributed by atoms with Crippen LogP contribution in [0.3, 0.4) is 0 Å². The van der Waals surface area contributed by atoms with Crippen molar-refractivity contribution in [3.05, 3.63) is 209 Å². The molecule has 0 fully saturated rings. The molecule has 0 spiro atoms. The fourth-order valence-corrected chi connectivity index (χ4v) is 9.36. The van der Waals surface area contributed by atoms with E-state index in [1.165, 1.54) is 26.1 Å². The average Bonchev–Trinajstić information content (AvgIpc) is 0.755. The van der Waals surface area contributed by atoms with Crippen LogP contribution in [0.1, 0.15) is 211 Å². The number of aryl methyl sites for hydroxylation is 21. The number of pyridine rings is 4. The van der Waals surface area contributed by atoms with Crippen LogP contribution in [0.4, 0.5) is 0 Å². The molecule has 4 heteroatoms. The number of aromatic nitrogens is 4. The van der Waals surface area contributed by atoms with Crippen molar-refractivity contribution in [2.45, 2.75) is 176 Å². The van der Waals surface area contributed by atoms with Gasteiger partial charge in [-0.05, 0) is 248 Å². The molecule has 0 amide bonds. The van der Waals surface area contributed by atoms with E-state index in [2.05, 4.69) is 0 Å². The lowest BCUT2D eigenvalue weighted by Gasteiger charge is -2.14. The number of benzene rings is 4. The summed E-state index contributed by atoms with van der Waals surface area (Å²) in [7, 11) is 7.00. The molecule has 0 aliphatic carbocycles. The molecule has 4 heterocycles. The molecule has 78 heavy (non-hydrogen) atoms. The molecule has 0 saturated heterocycles. The normalized spacial score (nSPS) is 19.9. The van der Waals surface area contributed by atoms with Crippen molar-refractivity contribution in [2.24, 2.45) is 28.2 Å². The Morgan fingerprint density at radius 2 is 0.526 bits per heavy atom. The monoisotopic (exact) mass is 1070 g/mol. The van der Waals surface area contributed by atoms with Gasteiger partial charge in [-0.25, -0.2) is 18.3 Å². The molecule has 0 radical (unpaired) electrons. The predicted molar refractivity (Wildman–Crippen MR) is 335 cm³/mol. The molecule has 0 N–H and O–H groups in total. The molecule has 4 nitrogen and oxygen atoms in total. The lowest BCUT2D eigenvalue weighted by atomic mass is 9.91. The van der Waals surface area contributed by atoms with Crippen LogP contribution in [0.15, 0.2) is 97.6 Å². The Labute approximate surface area is 517 Å². The predicted octanol–water partition coefficient (Wildman–Crippen LogP) is 17.3. The Morgan fingerprint density at radius 1 is 0.269 bits per heavy atom. The first-order chi connectivity index (χ1) is 48.2. The van der Waals surface area contributed by atoms with E-state index in [9.17, 15) is 0 Å². The van der Waals surface area contributed by atoms with Gasteiger partial charge in [-0.1, -0.05) is 65.7 Å². The standard InChI is InChI=1S/3C19H26N.C17H22N/c1-12(2)17-8-15(5)18(9-14(17)4)19-10-13(3)16(6)11-20(19)7;2*1-12(2)17-10-19(20(7)11-16(17)6)18-9-14(4)13(3)8-15(18)5;1-11-7-14(4)16(8-12(11)2)17-9-13(3)15(5)10-18(17)6/h3*8-12H,1-7H3;7-10H,1-6H3/q4*+1/i1D3,6D3,12D;1D3,3D3,6D3,12D;3D3,6D3,12D;1D3,5D3. The van der Waals surface area contributed by atoms with Crippen LogP contribution in [-0.2, 0) is 28.2 Å². The fourth-order valence-electron chi connectivity index (χ4n) is 9.36. The van der Waals surface area contributed by atoms with E-state index < -0.39 is 79.3 Å². The smallest absolute Gasteiger partial charge is 0.201 e. The summed E-state index contributed by atoms with van der Waals surface area (Å²) in [5.41, 5.74) is 15.6. The summed E-state index contributed by atoms with van der Waals surface area (Å²) in [6.45, 7) is 2.80. The summed E-state index contributed by atoms with van der Waals surface area (Å²) in [6, 6.07) is 20.8. The highest BCUT2D eigenvalue weighted by atomic mass is 14.9. The quantitative estimate of drug-likeness (QED) is 0.141. The zero-order valence-corrected chi connectivity index (χ0v) is 49.0. The van der Waals surface area contributed by atoms with E-state index in [4.69, 9.17) is 41.1 Å². The van der Waals surface area contributed by atoms with Crippen molar-refractivity contribution in [2.75, 3.05) is 0 Å². The summed E-state index contributed by atoms with van der Waals surface area (Å²) >= 11 is 0. The first kappa shape index (κ1) is 31.9. The second-order valence-corrected chi connectivity index (χ2v) is 21.1. The highest BCUT2D eigenvalue weighted by Crippen LogP contribution is 2.32. The average molecular weight is 1080 g/mol. The van der Waals surface area contributed by atoms with Gasteiger partial charge in [-0.15, -0.1) is 0 Å². The van der Waals surface area contributed by atoms with Gasteiger partial charge in [0, 0.05) is 110 Å². The van der Waals surface area contributed by atoms with Gasteiger partial charge in [0.1, 0.15) is 28.2 Å². The molecule has 2 unspecified atom stereocenters. The summed E-state index contributed by atoms with van der Waals surface area (Å²) < 4.78 is 240. The van der Waals surface area contributed by atoms with Gasteiger partial charge in [0.15, 0.2) is 24.8 Å². The van der Waals surface area contributed by atoms with E-state index in [1.54, 1.807) is 164 Å². The number of hydrogen-bond donors (Lipinski definition) is 0. The molecular formula is C74H100N4+4. The Balaban J connectivity index is 0.000000259. The molecule has 0 aliphatic heterocycles. The largest absolute Gasteiger partial charge is 0.212 e. The molecule has 8 rings (SSSR count). The Bertz CT molecular complexity index is 4610. The molecule has 8 aromatic rings. The molecule has 412 valence electrons. The van der Waals surface area contributed by atoms with E-state index in [0.717, 1.165) is 56.0 Å². The highest BCUT2D eigenvalue weighted by Gasteiger charge is 2.21. The van der Waals surface area contributed by atoms with Crippen LogP contribution in [0.2, 0.25) is 0 Å². The maximum Gasteiger partial charge on any atom is 0.212 e. The van der Waals surface area contributed by atoms with Gasteiger partial charge >= 0.3 is 0 Å². The third kappa shape index (κ3) is 14.6. The molecule has 0 aliphatic rings. The summed E-state index contributed by atoms with van der Waals surface area (Å²) in [6.07, 6.45) is 6.14. The Kier molecular flexibility index (Phi) is 10.6. The second kappa shape index (κ2) is 26.0. The molecule has 2 atom stereocenters. The van der Waals surface area contributed by atoms with Crippen LogP contribution in [-0.4, -0.2) is 0 Å².